The summed E-state index contributed by atoms with van der Waals surface area (Å²) in [5, 5.41) is 8.19. The van der Waals surface area contributed by atoms with Crippen molar-refractivity contribution in [1.29, 1.82) is 0 Å². The molecule has 4 nitrogen and oxygen atoms in total. The summed E-state index contributed by atoms with van der Waals surface area (Å²) in [5.74, 6) is 0.922. The fourth-order valence-corrected chi connectivity index (χ4v) is 4.88. The molecule has 5 heteroatoms. The minimum absolute atomic E-state index is 0.0802. The Labute approximate surface area is 181 Å². The van der Waals surface area contributed by atoms with Crippen LogP contribution in [-0.2, 0) is 19.5 Å². The van der Waals surface area contributed by atoms with Gasteiger partial charge in [0.2, 0.25) is 0 Å². The molecule has 158 valence electrons. The Morgan fingerprint density at radius 2 is 1.69 bits per heavy atom. The van der Waals surface area contributed by atoms with Crippen molar-refractivity contribution in [2.75, 3.05) is 0 Å². The van der Waals surface area contributed by atoms with Gasteiger partial charge in [0.05, 0.1) is 12.8 Å². The molecule has 1 aliphatic heterocycles. The summed E-state index contributed by atoms with van der Waals surface area (Å²) in [6.07, 6.45) is 4.85. The second kappa shape index (κ2) is 8.88. The minimum atomic E-state index is 0.0802. The van der Waals surface area contributed by atoms with Crippen LogP contribution in [0, 0.1) is 0 Å². The first-order chi connectivity index (χ1) is 13.7. The van der Waals surface area contributed by atoms with Crippen LogP contribution in [0.4, 0.5) is 0 Å². The van der Waals surface area contributed by atoms with Crippen molar-refractivity contribution in [2.45, 2.75) is 84.1 Å². The zero-order valence-electron chi connectivity index (χ0n) is 18.4. The van der Waals surface area contributed by atoms with Crippen molar-refractivity contribution in [2.24, 2.45) is 0 Å². The molecule has 0 unspecified atom stereocenters. The van der Waals surface area contributed by atoms with Crippen LogP contribution in [0.5, 0.6) is 0 Å². The van der Waals surface area contributed by atoms with Gasteiger partial charge in [-0.05, 0) is 82.4 Å². The first kappa shape index (κ1) is 21.8. The van der Waals surface area contributed by atoms with E-state index in [1.807, 2.05) is 12.1 Å². The number of thiocarbonyl (C=S) groups is 1. The van der Waals surface area contributed by atoms with E-state index in [0.29, 0.717) is 12.6 Å². The average molecular weight is 414 g/mol. The molecule has 2 heterocycles. The predicted octanol–water partition coefficient (Wildman–Crippen LogP) is 5.03. The van der Waals surface area contributed by atoms with Crippen LogP contribution in [0.15, 0.2) is 47.1 Å². The minimum Gasteiger partial charge on any atom is -0.467 e. The molecule has 2 N–H and O–H groups in total. The maximum Gasteiger partial charge on any atom is 0.169 e. The highest BCUT2D eigenvalue weighted by Crippen LogP contribution is 2.28. The fraction of sp³-hybridized carbons (Fsp3) is 0.542. The molecule has 0 saturated carbocycles. The molecule has 0 aliphatic carbocycles. The highest BCUT2D eigenvalue weighted by molar-refractivity contribution is 7.80. The molecule has 1 saturated heterocycles. The number of hydrogen-bond acceptors (Lipinski definition) is 3. The maximum absolute atomic E-state index is 5.88. The average Bonchev–Trinajstić information content (AvgIpc) is 3.12. The van der Waals surface area contributed by atoms with Crippen LogP contribution < -0.4 is 10.6 Å². The van der Waals surface area contributed by atoms with E-state index in [2.05, 4.69) is 74.4 Å². The van der Waals surface area contributed by atoms with E-state index in [1.165, 1.54) is 11.1 Å². The van der Waals surface area contributed by atoms with Crippen LogP contribution in [0.1, 0.15) is 64.3 Å². The number of benzene rings is 1. The Morgan fingerprint density at radius 3 is 2.24 bits per heavy atom. The van der Waals surface area contributed by atoms with Crippen molar-refractivity contribution in [3.63, 3.8) is 0 Å². The van der Waals surface area contributed by atoms with Crippen molar-refractivity contribution in [3.05, 3.63) is 59.5 Å². The zero-order chi connectivity index (χ0) is 21.1. The Kier molecular flexibility index (Phi) is 6.69. The highest BCUT2D eigenvalue weighted by Gasteiger charge is 2.38. The summed E-state index contributed by atoms with van der Waals surface area (Å²) in [6.45, 7) is 12.7. The Hall–Kier alpha value is -1.85. The molecule has 0 bridgehead atoms. The molecule has 0 atom stereocenters. The van der Waals surface area contributed by atoms with Crippen molar-refractivity contribution < 1.29 is 4.42 Å². The van der Waals surface area contributed by atoms with Crippen LogP contribution in [0.3, 0.4) is 0 Å². The second-order valence-electron chi connectivity index (χ2n) is 9.55. The number of piperidine rings is 1. The van der Waals surface area contributed by atoms with Gasteiger partial charge >= 0.3 is 0 Å². The monoisotopic (exact) mass is 413 g/mol. The van der Waals surface area contributed by atoms with Gasteiger partial charge in [-0.2, -0.15) is 0 Å². The lowest BCUT2D eigenvalue weighted by Crippen LogP contribution is -2.62. The molecule has 3 rings (SSSR count). The number of nitrogens with zero attached hydrogens (tertiary/aromatic N) is 1. The van der Waals surface area contributed by atoms with Gasteiger partial charge in [-0.25, -0.2) is 0 Å². The maximum atomic E-state index is 5.88. The van der Waals surface area contributed by atoms with Gasteiger partial charge in [-0.1, -0.05) is 31.2 Å². The van der Waals surface area contributed by atoms with Gasteiger partial charge in [0.25, 0.3) is 0 Å². The summed E-state index contributed by atoms with van der Waals surface area (Å²) in [5.41, 5.74) is 2.77. The van der Waals surface area contributed by atoms with E-state index in [0.717, 1.165) is 36.7 Å². The predicted molar refractivity (Wildman–Crippen MR) is 124 cm³/mol. The highest BCUT2D eigenvalue weighted by atomic mass is 32.1. The van der Waals surface area contributed by atoms with Gasteiger partial charge in [0, 0.05) is 23.7 Å². The molecule has 2 aromatic rings. The van der Waals surface area contributed by atoms with Crippen LogP contribution in [-0.4, -0.2) is 27.1 Å². The molecule has 1 aliphatic rings. The topological polar surface area (TPSA) is 40.4 Å². The Balaban J connectivity index is 1.73. The zero-order valence-corrected chi connectivity index (χ0v) is 19.2. The van der Waals surface area contributed by atoms with E-state index < -0.39 is 0 Å². The normalized spacial score (nSPS) is 18.4. The molecule has 0 radical (unpaired) electrons. The largest absolute Gasteiger partial charge is 0.467 e. The number of nitrogens with one attached hydrogen (secondary N) is 2. The number of rotatable bonds is 6. The van der Waals surface area contributed by atoms with Crippen LogP contribution >= 0.6 is 12.2 Å². The number of hydrogen-bond donors (Lipinski definition) is 2. The van der Waals surface area contributed by atoms with E-state index in [-0.39, 0.29) is 11.1 Å². The van der Waals surface area contributed by atoms with E-state index in [9.17, 15) is 0 Å². The van der Waals surface area contributed by atoms with Crippen LogP contribution in [0.2, 0.25) is 0 Å². The summed E-state index contributed by atoms with van der Waals surface area (Å²) in [4.78, 5) is 2.21. The smallest absolute Gasteiger partial charge is 0.169 e. The molecule has 0 spiro atoms. The summed E-state index contributed by atoms with van der Waals surface area (Å²) < 4.78 is 5.61. The van der Waals surface area contributed by atoms with Gasteiger partial charge in [-0.3, -0.25) is 0 Å². The summed E-state index contributed by atoms with van der Waals surface area (Å²) in [7, 11) is 0. The summed E-state index contributed by atoms with van der Waals surface area (Å²) >= 11 is 5.88. The van der Waals surface area contributed by atoms with Gasteiger partial charge < -0.3 is 20.0 Å². The lowest BCUT2D eigenvalue weighted by Gasteiger charge is -2.47. The first-order valence-corrected chi connectivity index (χ1v) is 11.0. The molecule has 1 fully saturated rings. The Bertz CT molecular complexity index is 780. The second-order valence-corrected chi connectivity index (χ2v) is 9.94. The van der Waals surface area contributed by atoms with Crippen LogP contribution in [0.25, 0.3) is 0 Å². The summed E-state index contributed by atoms with van der Waals surface area (Å²) in [6, 6.07) is 13.1. The van der Waals surface area contributed by atoms with E-state index in [4.69, 9.17) is 16.6 Å². The standard InChI is InChI=1S/C24H35N3OS/c1-6-18-9-11-19(12-10-18)16-27(17-21-8-7-13-28-21)22(29)25-20-14-23(2,3)26-24(4,5)15-20/h7-13,20,26H,6,14-17H2,1-5H3,(H,25,29). The third-order valence-electron chi connectivity index (χ3n) is 5.54. The van der Waals surface area contributed by atoms with E-state index >= 15 is 0 Å². The fourth-order valence-electron chi connectivity index (χ4n) is 4.58. The molecule has 1 aromatic carbocycles. The van der Waals surface area contributed by atoms with Crippen molar-refractivity contribution >= 4 is 17.3 Å². The lowest BCUT2D eigenvalue weighted by atomic mass is 9.80. The Morgan fingerprint density at radius 1 is 1.07 bits per heavy atom. The van der Waals surface area contributed by atoms with E-state index in [1.54, 1.807) is 6.26 Å². The number of aryl methyl sites for hydroxylation is 1. The molecule has 29 heavy (non-hydrogen) atoms. The molecule has 0 amide bonds. The third-order valence-corrected chi connectivity index (χ3v) is 5.91. The number of furan rings is 1. The quantitative estimate of drug-likeness (QED) is 0.650. The SMILES string of the molecule is CCc1ccc(CN(Cc2ccco2)C(=S)NC2CC(C)(C)NC(C)(C)C2)cc1. The molecular formula is C24H35N3OS. The van der Waals surface area contributed by atoms with Crippen molar-refractivity contribution in [3.8, 4) is 0 Å². The molecule has 1 aromatic heterocycles. The third kappa shape index (κ3) is 6.31. The lowest BCUT2D eigenvalue weighted by molar-refractivity contribution is 0.153. The first-order valence-electron chi connectivity index (χ1n) is 10.6. The van der Waals surface area contributed by atoms with Gasteiger partial charge in [-0.15, -0.1) is 0 Å². The molecular weight excluding hydrogens is 378 g/mol. The van der Waals surface area contributed by atoms with Crippen molar-refractivity contribution in [1.82, 2.24) is 15.5 Å². The van der Waals surface area contributed by atoms with Gasteiger partial charge in [0.15, 0.2) is 5.11 Å². The van der Waals surface area contributed by atoms with Gasteiger partial charge in [0.1, 0.15) is 5.76 Å².